The average molecular weight is 360 g/mol. The Labute approximate surface area is 150 Å². The van der Waals surface area contributed by atoms with Gasteiger partial charge in [0.2, 0.25) is 5.78 Å². The lowest BCUT2D eigenvalue weighted by Gasteiger charge is -2.14. The minimum absolute atomic E-state index is 0.0614. The third kappa shape index (κ3) is 3.51. The standard InChI is InChI=1S/C19H20O7/c1-9(2)4-5-10-12(20)8-15(23)17(18(10)24)19(25)11-6-16(26-3)14(22)7-13(11)21/h4,6-8,20-24H,5H2,1-3H3. The van der Waals surface area contributed by atoms with Gasteiger partial charge in [0.05, 0.1) is 12.7 Å². The second-order valence-corrected chi connectivity index (χ2v) is 5.97. The van der Waals surface area contributed by atoms with Gasteiger partial charge in [-0.05, 0) is 26.3 Å². The topological polar surface area (TPSA) is 127 Å². The molecule has 0 saturated carbocycles. The monoisotopic (exact) mass is 360 g/mol. The minimum Gasteiger partial charge on any atom is -0.507 e. The fourth-order valence-electron chi connectivity index (χ4n) is 2.45. The molecule has 0 radical (unpaired) electrons. The lowest BCUT2D eigenvalue weighted by molar-refractivity contribution is 0.103. The third-order valence-electron chi connectivity index (χ3n) is 3.84. The number of aromatic hydroxyl groups is 5. The van der Waals surface area contributed by atoms with E-state index in [-0.39, 0.29) is 34.8 Å². The van der Waals surface area contributed by atoms with Crippen molar-refractivity contribution in [2.45, 2.75) is 20.3 Å². The molecule has 138 valence electrons. The summed E-state index contributed by atoms with van der Waals surface area (Å²) in [5.41, 5.74) is 0.246. The van der Waals surface area contributed by atoms with Crippen molar-refractivity contribution in [3.8, 4) is 34.5 Å². The lowest BCUT2D eigenvalue weighted by atomic mass is 9.95. The van der Waals surface area contributed by atoms with Crippen LogP contribution in [0.25, 0.3) is 0 Å². The molecule has 0 unspecified atom stereocenters. The Bertz CT molecular complexity index is 893. The van der Waals surface area contributed by atoms with Gasteiger partial charge in [-0.3, -0.25) is 4.79 Å². The van der Waals surface area contributed by atoms with Gasteiger partial charge >= 0.3 is 0 Å². The third-order valence-corrected chi connectivity index (χ3v) is 3.84. The predicted octanol–water partition coefficient (Wildman–Crippen LogP) is 2.96. The van der Waals surface area contributed by atoms with Gasteiger partial charge in [0.15, 0.2) is 11.5 Å². The zero-order valence-electron chi connectivity index (χ0n) is 14.6. The number of allylic oxidation sites excluding steroid dienone is 2. The number of carbonyl (C=O) groups is 1. The molecule has 26 heavy (non-hydrogen) atoms. The number of benzene rings is 2. The van der Waals surface area contributed by atoms with E-state index in [1.165, 1.54) is 7.11 Å². The molecule has 5 N–H and O–H groups in total. The summed E-state index contributed by atoms with van der Waals surface area (Å²) < 4.78 is 4.91. The first-order valence-electron chi connectivity index (χ1n) is 7.72. The van der Waals surface area contributed by atoms with Crippen molar-refractivity contribution >= 4 is 5.78 Å². The highest BCUT2D eigenvalue weighted by molar-refractivity contribution is 6.14. The molecule has 0 aliphatic heterocycles. The molecule has 7 heteroatoms. The van der Waals surface area contributed by atoms with Gasteiger partial charge < -0.3 is 30.3 Å². The van der Waals surface area contributed by atoms with Crippen LogP contribution in [0.3, 0.4) is 0 Å². The smallest absolute Gasteiger partial charge is 0.204 e. The van der Waals surface area contributed by atoms with E-state index in [9.17, 15) is 30.3 Å². The Balaban J connectivity index is 2.63. The van der Waals surface area contributed by atoms with Crippen LogP contribution in [0.15, 0.2) is 29.8 Å². The number of phenols is 5. The largest absolute Gasteiger partial charge is 0.507 e. The van der Waals surface area contributed by atoms with Crippen molar-refractivity contribution in [3.05, 3.63) is 46.5 Å². The summed E-state index contributed by atoms with van der Waals surface area (Å²) in [5.74, 6) is -3.46. The molecular formula is C19H20O7. The van der Waals surface area contributed by atoms with E-state index in [2.05, 4.69) is 0 Å². The zero-order chi connectivity index (χ0) is 19.6. The summed E-state index contributed by atoms with van der Waals surface area (Å²) in [4.78, 5) is 12.8. The molecule has 0 bridgehead atoms. The van der Waals surface area contributed by atoms with Crippen LogP contribution in [0.5, 0.6) is 34.5 Å². The number of ketones is 1. The van der Waals surface area contributed by atoms with Crippen molar-refractivity contribution in [3.63, 3.8) is 0 Å². The molecule has 0 aromatic heterocycles. The number of carbonyl (C=O) groups excluding carboxylic acids is 1. The number of hydrogen-bond acceptors (Lipinski definition) is 7. The van der Waals surface area contributed by atoms with E-state index < -0.39 is 28.6 Å². The molecule has 0 aliphatic carbocycles. The SMILES string of the molecule is COc1cc(C(=O)c2c(O)cc(O)c(CC=C(C)C)c2O)c(O)cc1O. The molecule has 2 rings (SSSR count). The number of phenolic OH excluding ortho intramolecular Hbond substituents is 5. The second-order valence-electron chi connectivity index (χ2n) is 5.97. The van der Waals surface area contributed by atoms with Gasteiger partial charge in [-0.2, -0.15) is 0 Å². The quantitative estimate of drug-likeness (QED) is 0.410. The first-order valence-corrected chi connectivity index (χ1v) is 7.72. The molecule has 2 aromatic carbocycles. The summed E-state index contributed by atoms with van der Waals surface area (Å²) in [7, 11) is 1.27. The summed E-state index contributed by atoms with van der Waals surface area (Å²) >= 11 is 0. The van der Waals surface area contributed by atoms with E-state index in [0.29, 0.717) is 0 Å². The molecular weight excluding hydrogens is 340 g/mol. The normalized spacial score (nSPS) is 10.4. The predicted molar refractivity (Wildman–Crippen MR) is 94.3 cm³/mol. The molecule has 0 aliphatic rings. The number of hydrogen-bond donors (Lipinski definition) is 5. The van der Waals surface area contributed by atoms with Crippen LogP contribution in [0.4, 0.5) is 0 Å². The molecule has 0 amide bonds. The van der Waals surface area contributed by atoms with Gasteiger partial charge in [0, 0.05) is 17.7 Å². The summed E-state index contributed by atoms with van der Waals surface area (Å²) in [5, 5.41) is 50.1. The fourth-order valence-corrected chi connectivity index (χ4v) is 2.45. The van der Waals surface area contributed by atoms with Crippen LogP contribution in [-0.2, 0) is 6.42 Å². The van der Waals surface area contributed by atoms with Crippen LogP contribution in [0, 0.1) is 0 Å². The molecule has 0 fully saturated rings. The Kier molecular flexibility index (Phi) is 5.30. The number of ether oxygens (including phenoxy) is 1. The maximum Gasteiger partial charge on any atom is 0.204 e. The molecule has 0 saturated heterocycles. The Morgan fingerprint density at radius 3 is 2.15 bits per heavy atom. The maximum atomic E-state index is 12.8. The van der Waals surface area contributed by atoms with Gasteiger partial charge in [-0.1, -0.05) is 11.6 Å². The van der Waals surface area contributed by atoms with E-state index in [0.717, 1.165) is 23.8 Å². The van der Waals surface area contributed by atoms with E-state index in [1.54, 1.807) is 6.08 Å². The lowest BCUT2D eigenvalue weighted by Crippen LogP contribution is -2.05. The van der Waals surface area contributed by atoms with Crippen molar-refractivity contribution in [2.75, 3.05) is 7.11 Å². The average Bonchev–Trinajstić information content (AvgIpc) is 2.53. The Morgan fingerprint density at radius 1 is 0.962 bits per heavy atom. The van der Waals surface area contributed by atoms with Crippen molar-refractivity contribution in [1.82, 2.24) is 0 Å². The number of methoxy groups -OCH3 is 1. The Hall–Kier alpha value is -3.35. The van der Waals surface area contributed by atoms with Crippen LogP contribution in [0.1, 0.15) is 35.3 Å². The molecule has 7 nitrogen and oxygen atoms in total. The van der Waals surface area contributed by atoms with Gasteiger partial charge in [-0.25, -0.2) is 0 Å². The molecule has 2 aromatic rings. The number of rotatable bonds is 5. The fraction of sp³-hybridized carbons (Fsp3) is 0.211. The van der Waals surface area contributed by atoms with Crippen LogP contribution < -0.4 is 4.74 Å². The first kappa shape index (κ1) is 19.0. The highest BCUT2D eigenvalue weighted by Crippen LogP contribution is 2.41. The van der Waals surface area contributed by atoms with Gasteiger partial charge in [-0.15, -0.1) is 0 Å². The van der Waals surface area contributed by atoms with Crippen LogP contribution in [-0.4, -0.2) is 38.4 Å². The highest BCUT2D eigenvalue weighted by atomic mass is 16.5. The van der Waals surface area contributed by atoms with Gasteiger partial charge in [0.25, 0.3) is 0 Å². The van der Waals surface area contributed by atoms with Crippen molar-refractivity contribution < 1.29 is 35.1 Å². The van der Waals surface area contributed by atoms with Crippen molar-refractivity contribution in [2.24, 2.45) is 0 Å². The molecule has 0 atom stereocenters. The van der Waals surface area contributed by atoms with E-state index >= 15 is 0 Å². The Morgan fingerprint density at radius 2 is 1.58 bits per heavy atom. The highest BCUT2D eigenvalue weighted by Gasteiger charge is 2.26. The molecule has 0 spiro atoms. The maximum absolute atomic E-state index is 12.8. The summed E-state index contributed by atoms with van der Waals surface area (Å²) in [6, 6.07) is 2.97. The van der Waals surface area contributed by atoms with Crippen molar-refractivity contribution in [1.29, 1.82) is 0 Å². The first-order chi connectivity index (χ1) is 12.2. The minimum atomic E-state index is -0.894. The summed E-state index contributed by atoms with van der Waals surface area (Å²) in [6.45, 7) is 3.67. The van der Waals surface area contributed by atoms with Gasteiger partial charge in [0.1, 0.15) is 28.6 Å². The van der Waals surface area contributed by atoms with Crippen LogP contribution >= 0.6 is 0 Å². The molecule has 0 heterocycles. The van der Waals surface area contributed by atoms with Crippen LogP contribution in [0.2, 0.25) is 0 Å². The van der Waals surface area contributed by atoms with E-state index in [4.69, 9.17) is 4.74 Å². The summed E-state index contributed by atoms with van der Waals surface area (Å²) in [6.07, 6.45) is 1.88. The second kappa shape index (κ2) is 7.26. The van der Waals surface area contributed by atoms with E-state index in [1.807, 2.05) is 13.8 Å². The zero-order valence-corrected chi connectivity index (χ0v) is 14.6.